The molecule has 1 heterocycles. The summed E-state index contributed by atoms with van der Waals surface area (Å²) in [5.74, 6) is 0. The van der Waals surface area contributed by atoms with E-state index < -0.39 is 0 Å². The molecule has 0 radical (unpaired) electrons. The van der Waals surface area contributed by atoms with Crippen LogP contribution >= 0.6 is 23.2 Å². The summed E-state index contributed by atoms with van der Waals surface area (Å²) >= 11 is 12.0. The average Bonchev–Trinajstić information content (AvgIpc) is 2.51. The van der Waals surface area contributed by atoms with Gasteiger partial charge in [0.15, 0.2) is 0 Å². The van der Waals surface area contributed by atoms with E-state index in [1.807, 2.05) is 42.5 Å². The maximum Gasteiger partial charge on any atom is 0.261 e. The number of hydrogen-bond acceptors (Lipinski definition) is 2. The van der Waals surface area contributed by atoms with Gasteiger partial charge in [-0.15, -0.1) is 0 Å². The lowest BCUT2D eigenvalue weighted by Gasteiger charge is -2.05. The number of benzene rings is 2. The maximum absolute atomic E-state index is 12.4. The Bertz CT molecular complexity index is 902. The van der Waals surface area contributed by atoms with Crippen LogP contribution in [0.5, 0.6) is 0 Å². The second-order valence-corrected chi connectivity index (χ2v) is 5.64. The first-order valence-corrected chi connectivity index (χ1v) is 7.46. The predicted molar refractivity (Wildman–Crippen MR) is 91.5 cm³/mol. The minimum atomic E-state index is -0.160. The molecule has 3 rings (SSSR count). The fourth-order valence-electron chi connectivity index (χ4n) is 2.19. The van der Waals surface area contributed by atoms with Crippen molar-refractivity contribution in [3.63, 3.8) is 0 Å². The third kappa shape index (κ3) is 3.06. The van der Waals surface area contributed by atoms with Crippen LogP contribution in [-0.2, 0) is 6.54 Å². The number of rotatable bonds is 3. The van der Waals surface area contributed by atoms with E-state index in [4.69, 9.17) is 23.2 Å². The fourth-order valence-corrected chi connectivity index (χ4v) is 2.73. The van der Waals surface area contributed by atoms with E-state index in [1.54, 1.807) is 12.1 Å². The van der Waals surface area contributed by atoms with Crippen molar-refractivity contribution in [3.05, 3.63) is 80.8 Å². The molecule has 0 saturated carbocycles. The van der Waals surface area contributed by atoms with Gasteiger partial charge in [-0.25, -0.2) is 4.98 Å². The zero-order valence-electron chi connectivity index (χ0n) is 11.5. The van der Waals surface area contributed by atoms with Crippen molar-refractivity contribution in [1.82, 2.24) is 9.55 Å². The van der Waals surface area contributed by atoms with Gasteiger partial charge in [0.2, 0.25) is 0 Å². The quantitative estimate of drug-likeness (QED) is 0.712. The molecule has 1 aromatic heterocycles. The van der Waals surface area contributed by atoms with E-state index >= 15 is 0 Å². The molecule has 22 heavy (non-hydrogen) atoms. The Hall–Kier alpha value is -2.10. The van der Waals surface area contributed by atoms with Crippen molar-refractivity contribution >= 4 is 40.2 Å². The smallest absolute Gasteiger partial charge is 0.261 e. The summed E-state index contributed by atoms with van der Waals surface area (Å²) in [5.41, 5.74) is 1.39. The first-order valence-electron chi connectivity index (χ1n) is 6.71. The summed E-state index contributed by atoms with van der Waals surface area (Å²) in [6.07, 6.45) is 5.37. The van der Waals surface area contributed by atoms with Gasteiger partial charge in [-0.2, -0.15) is 0 Å². The molecule has 110 valence electrons. The highest BCUT2D eigenvalue weighted by atomic mass is 35.5. The van der Waals surface area contributed by atoms with E-state index in [0.717, 1.165) is 5.56 Å². The topological polar surface area (TPSA) is 34.9 Å². The fraction of sp³-hybridized carbons (Fsp3) is 0.0588. The molecule has 5 heteroatoms. The summed E-state index contributed by atoms with van der Waals surface area (Å²) in [4.78, 5) is 16.7. The van der Waals surface area contributed by atoms with Crippen LogP contribution < -0.4 is 5.56 Å². The zero-order chi connectivity index (χ0) is 15.5. The molecule has 0 aliphatic carbocycles. The predicted octanol–water partition coefficient (Wildman–Crippen LogP) is 4.42. The molecule has 0 aliphatic rings. The molecular weight excluding hydrogens is 319 g/mol. The van der Waals surface area contributed by atoms with Crippen LogP contribution in [0.15, 0.2) is 59.7 Å². The SMILES string of the molecule is O=c1c2cc(Cl)cc(Cl)c2ncn1CC=Cc1ccccc1. The van der Waals surface area contributed by atoms with Gasteiger partial charge >= 0.3 is 0 Å². The number of allylic oxidation sites excluding steroid dienone is 1. The summed E-state index contributed by atoms with van der Waals surface area (Å²) in [5, 5.41) is 1.23. The standard InChI is InChI=1S/C17H12Cl2N2O/c18-13-9-14-16(15(19)10-13)20-11-21(17(14)22)8-4-7-12-5-2-1-3-6-12/h1-7,9-11H,8H2. The number of nitrogens with zero attached hydrogens (tertiary/aromatic N) is 2. The maximum atomic E-state index is 12.4. The molecular formula is C17H12Cl2N2O. The molecule has 0 amide bonds. The molecule has 0 bridgehead atoms. The van der Waals surface area contributed by atoms with E-state index in [-0.39, 0.29) is 5.56 Å². The Balaban J connectivity index is 1.94. The monoisotopic (exact) mass is 330 g/mol. The Morgan fingerprint density at radius 3 is 2.68 bits per heavy atom. The number of aromatic nitrogens is 2. The van der Waals surface area contributed by atoms with Crippen molar-refractivity contribution in [2.75, 3.05) is 0 Å². The third-order valence-electron chi connectivity index (χ3n) is 3.26. The van der Waals surface area contributed by atoms with Crippen LogP contribution in [0.1, 0.15) is 5.56 Å². The lowest BCUT2D eigenvalue weighted by molar-refractivity contribution is 0.769. The second kappa shape index (κ2) is 6.34. The van der Waals surface area contributed by atoms with Crippen molar-refractivity contribution in [1.29, 1.82) is 0 Å². The Morgan fingerprint density at radius 2 is 1.91 bits per heavy atom. The Kier molecular flexibility index (Phi) is 4.27. The number of hydrogen-bond donors (Lipinski definition) is 0. The van der Waals surface area contributed by atoms with Crippen molar-refractivity contribution < 1.29 is 0 Å². The van der Waals surface area contributed by atoms with Gasteiger partial charge in [0.1, 0.15) is 0 Å². The second-order valence-electron chi connectivity index (χ2n) is 4.80. The third-order valence-corrected chi connectivity index (χ3v) is 3.76. The highest BCUT2D eigenvalue weighted by Crippen LogP contribution is 2.23. The number of fused-ring (bicyclic) bond motifs is 1. The summed E-state index contributed by atoms with van der Waals surface area (Å²) in [7, 11) is 0. The number of halogens is 2. The Morgan fingerprint density at radius 1 is 1.14 bits per heavy atom. The highest BCUT2D eigenvalue weighted by Gasteiger charge is 2.08. The molecule has 0 N–H and O–H groups in total. The lowest BCUT2D eigenvalue weighted by atomic mass is 10.2. The molecule has 0 fully saturated rings. The van der Waals surface area contributed by atoms with E-state index in [9.17, 15) is 4.79 Å². The molecule has 0 atom stereocenters. The molecule has 0 unspecified atom stereocenters. The lowest BCUT2D eigenvalue weighted by Crippen LogP contribution is -2.20. The summed E-state index contributed by atoms with van der Waals surface area (Å²) in [6.45, 7) is 0.431. The Labute approximate surface area is 137 Å². The van der Waals surface area contributed by atoms with Gasteiger partial charge in [0, 0.05) is 11.6 Å². The largest absolute Gasteiger partial charge is 0.295 e. The molecule has 0 aliphatic heterocycles. The summed E-state index contributed by atoms with van der Waals surface area (Å²) < 4.78 is 1.52. The minimum absolute atomic E-state index is 0.160. The van der Waals surface area contributed by atoms with Crippen LogP contribution in [0, 0.1) is 0 Å². The summed E-state index contributed by atoms with van der Waals surface area (Å²) in [6, 6.07) is 13.1. The minimum Gasteiger partial charge on any atom is -0.295 e. The van der Waals surface area contributed by atoms with Crippen molar-refractivity contribution in [3.8, 4) is 0 Å². The normalized spacial score (nSPS) is 11.4. The van der Waals surface area contributed by atoms with Crippen molar-refractivity contribution in [2.24, 2.45) is 0 Å². The first kappa shape index (κ1) is 14.8. The molecule has 3 nitrogen and oxygen atoms in total. The molecule has 0 saturated heterocycles. The van der Waals surface area contributed by atoms with Gasteiger partial charge in [-0.05, 0) is 17.7 Å². The van der Waals surface area contributed by atoms with Gasteiger partial charge in [0.25, 0.3) is 5.56 Å². The van der Waals surface area contributed by atoms with E-state index in [1.165, 1.54) is 10.9 Å². The molecule has 0 spiro atoms. The van der Waals surface area contributed by atoms with Crippen molar-refractivity contribution in [2.45, 2.75) is 6.54 Å². The highest BCUT2D eigenvalue weighted by molar-refractivity contribution is 6.38. The van der Waals surface area contributed by atoms with Gasteiger partial charge in [-0.3, -0.25) is 9.36 Å². The van der Waals surface area contributed by atoms with Crippen LogP contribution in [-0.4, -0.2) is 9.55 Å². The van der Waals surface area contributed by atoms with Crippen LogP contribution in [0.25, 0.3) is 17.0 Å². The van der Waals surface area contributed by atoms with E-state index in [2.05, 4.69) is 4.98 Å². The van der Waals surface area contributed by atoms with E-state index in [0.29, 0.717) is 27.5 Å². The van der Waals surface area contributed by atoms with Crippen LogP contribution in [0.2, 0.25) is 10.0 Å². The van der Waals surface area contributed by atoms with Gasteiger partial charge < -0.3 is 0 Å². The van der Waals surface area contributed by atoms with Gasteiger partial charge in [-0.1, -0.05) is 65.7 Å². The zero-order valence-corrected chi connectivity index (χ0v) is 13.1. The van der Waals surface area contributed by atoms with Crippen LogP contribution in [0.4, 0.5) is 0 Å². The average molecular weight is 331 g/mol. The molecule has 3 aromatic rings. The first-order chi connectivity index (χ1) is 10.6. The van der Waals surface area contributed by atoms with Gasteiger partial charge in [0.05, 0.1) is 22.3 Å². The van der Waals surface area contributed by atoms with Crippen LogP contribution in [0.3, 0.4) is 0 Å². The molecule has 2 aromatic carbocycles.